The lowest BCUT2D eigenvalue weighted by molar-refractivity contribution is -0.384. The number of benzene rings is 2. The number of hydrazine groups is 1. The number of carbonyl (C=O) groups excluding carboxylic acids is 2. The minimum Gasteiger partial charge on any atom is -0.274 e. The molecule has 0 N–H and O–H groups in total. The molecule has 0 unspecified atom stereocenters. The molecule has 0 aromatic heterocycles. The molecule has 0 aliphatic carbocycles. The van der Waals surface area contributed by atoms with Crippen LogP contribution in [0.15, 0.2) is 53.0 Å². The van der Waals surface area contributed by atoms with Gasteiger partial charge in [-0.3, -0.25) is 19.7 Å². The summed E-state index contributed by atoms with van der Waals surface area (Å²) < 4.78 is 0.945. The molecule has 0 radical (unpaired) electrons. The Kier molecular flexibility index (Phi) is 4.27. The summed E-state index contributed by atoms with van der Waals surface area (Å²) in [5.41, 5.74) is 1.09. The molecule has 0 saturated carbocycles. The third-order valence-electron chi connectivity index (χ3n) is 5.92. The van der Waals surface area contributed by atoms with Crippen LogP contribution in [0.2, 0.25) is 0 Å². The fraction of sp³-hybridized carbons (Fsp3) is 0.300. The zero-order chi connectivity index (χ0) is 20.3. The summed E-state index contributed by atoms with van der Waals surface area (Å²) in [6, 6.07) is 12.7. The first-order valence-electron chi connectivity index (χ1n) is 9.38. The molecule has 3 aliphatic rings. The van der Waals surface area contributed by atoms with Crippen LogP contribution in [-0.4, -0.2) is 45.9 Å². The van der Waals surface area contributed by atoms with Crippen molar-refractivity contribution in [3.05, 3.63) is 68.7 Å². The SMILES string of the molecule is O=C1[C@H]2[C@@H](c3ccc(Br)cc3)N3CCCN3[C@H]2C(=O)N1c1cccc([N+](=O)[O-])c1. The largest absolute Gasteiger partial charge is 0.274 e. The molecule has 29 heavy (non-hydrogen) atoms. The monoisotopic (exact) mass is 456 g/mol. The fourth-order valence-electron chi connectivity index (χ4n) is 4.77. The molecule has 0 spiro atoms. The molecule has 9 heteroatoms. The van der Waals surface area contributed by atoms with E-state index in [1.807, 2.05) is 29.3 Å². The topological polar surface area (TPSA) is 87.0 Å². The van der Waals surface area contributed by atoms with E-state index in [2.05, 4.69) is 20.9 Å². The highest BCUT2D eigenvalue weighted by molar-refractivity contribution is 9.10. The third-order valence-corrected chi connectivity index (χ3v) is 6.44. The van der Waals surface area contributed by atoms with E-state index in [9.17, 15) is 19.7 Å². The Labute approximate surface area is 174 Å². The van der Waals surface area contributed by atoms with Gasteiger partial charge in [-0.15, -0.1) is 0 Å². The number of hydrogen-bond donors (Lipinski definition) is 0. The first kappa shape index (κ1) is 18.4. The number of imide groups is 1. The number of anilines is 1. The van der Waals surface area contributed by atoms with Gasteiger partial charge >= 0.3 is 0 Å². The highest BCUT2D eigenvalue weighted by Gasteiger charge is 2.62. The van der Waals surface area contributed by atoms with Gasteiger partial charge in [0.05, 0.1) is 22.6 Å². The molecule has 5 rings (SSSR count). The molecule has 8 nitrogen and oxygen atoms in total. The van der Waals surface area contributed by atoms with Crippen LogP contribution in [0.3, 0.4) is 0 Å². The molecule has 2 aromatic rings. The number of nitrogens with zero attached hydrogens (tertiary/aromatic N) is 4. The lowest BCUT2D eigenvalue weighted by Crippen LogP contribution is -2.44. The molecule has 3 fully saturated rings. The molecular formula is C20H17BrN4O4. The standard InChI is InChI=1S/C20H17BrN4O4/c21-13-7-5-12(6-8-13)17-16-18(23-10-2-9-22(17)23)20(27)24(19(16)26)14-3-1-4-15(11-14)25(28)29/h1,3-8,11,16-18H,2,9-10H2/t16-,17+,18+/m0/s1. The number of fused-ring (bicyclic) bond motifs is 3. The molecular weight excluding hydrogens is 440 g/mol. The summed E-state index contributed by atoms with van der Waals surface area (Å²) in [5.74, 6) is -1.15. The normalized spacial score (nSPS) is 26.8. The Hall–Kier alpha value is -2.62. The minimum atomic E-state index is -0.571. The van der Waals surface area contributed by atoms with E-state index in [-0.39, 0.29) is 29.2 Å². The average Bonchev–Trinajstić information content (AvgIpc) is 3.35. The van der Waals surface area contributed by atoms with Gasteiger partial charge in [0.15, 0.2) is 0 Å². The van der Waals surface area contributed by atoms with E-state index >= 15 is 0 Å². The van der Waals surface area contributed by atoms with Crippen LogP contribution in [0, 0.1) is 16.0 Å². The van der Waals surface area contributed by atoms with Crippen LogP contribution in [0.1, 0.15) is 18.0 Å². The lowest BCUT2D eigenvalue weighted by atomic mass is 9.90. The maximum absolute atomic E-state index is 13.4. The lowest BCUT2D eigenvalue weighted by Gasteiger charge is -2.29. The zero-order valence-corrected chi connectivity index (χ0v) is 16.9. The van der Waals surface area contributed by atoms with E-state index in [1.165, 1.54) is 18.2 Å². The van der Waals surface area contributed by atoms with Crippen molar-refractivity contribution in [2.75, 3.05) is 18.0 Å². The van der Waals surface area contributed by atoms with E-state index in [1.54, 1.807) is 6.07 Å². The second kappa shape index (κ2) is 6.72. The number of non-ortho nitro benzene ring substituents is 1. The van der Waals surface area contributed by atoms with Gasteiger partial charge in [0, 0.05) is 29.7 Å². The van der Waals surface area contributed by atoms with Gasteiger partial charge in [-0.25, -0.2) is 14.9 Å². The van der Waals surface area contributed by atoms with Gasteiger partial charge in [-0.05, 0) is 30.2 Å². The highest BCUT2D eigenvalue weighted by atomic mass is 79.9. The minimum absolute atomic E-state index is 0.146. The molecule has 3 heterocycles. The Morgan fingerprint density at radius 2 is 1.66 bits per heavy atom. The van der Waals surface area contributed by atoms with Crippen molar-refractivity contribution in [2.45, 2.75) is 18.5 Å². The Bertz CT molecular complexity index is 1030. The maximum Gasteiger partial charge on any atom is 0.271 e. The summed E-state index contributed by atoms with van der Waals surface area (Å²) >= 11 is 3.44. The number of halogens is 1. The van der Waals surface area contributed by atoms with Gasteiger partial charge in [0.25, 0.3) is 11.6 Å². The Balaban J connectivity index is 1.57. The van der Waals surface area contributed by atoms with Crippen molar-refractivity contribution in [3.63, 3.8) is 0 Å². The van der Waals surface area contributed by atoms with Crippen LogP contribution in [-0.2, 0) is 9.59 Å². The number of nitro benzene ring substituents is 1. The third kappa shape index (κ3) is 2.72. The molecule has 3 atom stereocenters. The summed E-state index contributed by atoms with van der Waals surface area (Å²) in [7, 11) is 0. The van der Waals surface area contributed by atoms with Crippen molar-refractivity contribution in [1.82, 2.24) is 10.0 Å². The number of hydrogen-bond acceptors (Lipinski definition) is 6. The van der Waals surface area contributed by atoms with Crippen molar-refractivity contribution in [1.29, 1.82) is 0 Å². The van der Waals surface area contributed by atoms with E-state index in [0.29, 0.717) is 0 Å². The summed E-state index contributed by atoms with van der Waals surface area (Å²) in [4.78, 5) is 38.5. The van der Waals surface area contributed by atoms with Crippen LogP contribution in [0.25, 0.3) is 0 Å². The van der Waals surface area contributed by atoms with Gasteiger partial charge in [-0.2, -0.15) is 0 Å². The molecule has 3 saturated heterocycles. The van der Waals surface area contributed by atoms with Crippen LogP contribution >= 0.6 is 15.9 Å². The quantitative estimate of drug-likeness (QED) is 0.400. The summed E-state index contributed by atoms with van der Waals surface area (Å²) in [6.45, 7) is 1.51. The number of carbonyl (C=O) groups is 2. The van der Waals surface area contributed by atoms with Crippen molar-refractivity contribution >= 4 is 39.1 Å². The zero-order valence-electron chi connectivity index (χ0n) is 15.3. The maximum atomic E-state index is 13.4. The molecule has 2 aromatic carbocycles. The average molecular weight is 457 g/mol. The molecule has 148 valence electrons. The van der Waals surface area contributed by atoms with Crippen molar-refractivity contribution < 1.29 is 14.5 Å². The predicted molar refractivity (Wildman–Crippen MR) is 108 cm³/mol. The van der Waals surface area contributed by atoms with Crippen molar-refractivity contribution in [3.8, 4) is 0 Å². The number of rotatable bonds is 3. The summed E-state index contributed by atoms with van der Waals surface area (Å²) in [5, 5.41) is 15.3. The second-order valence-corrected chi connectivity index (χ2v) is 8.35. The smallest absolute Gasteiger partial charge is 0.271 e. The van der Waals surface area contributed by atoms with Crippen LogP contribution in [0.4, 0.5) is 11.4 Å². The molecule has 0 bridgehead atoms. The van der Waals surface area contributed by atoms with E-state index in [4.69, 9.17) is 0 Å². The first-order valence-corrected chi connectivity index (χ1v) is 10.2. The van der Waals surface area contributed by atoms with Gasteiger partial charge in [0.1, 0.15) is 6.04 Å². The first-order chi connectivity index (χ1) is 14.0. The predicted octanol–water partition coefficient (Wildman–Crippen LogP) is 2.89. The summed E-state index contributed by atoms with van der Waals surface area (Å²) in [6.07, 6.45) is 0.925. The Morgan fingerprint density at radius 3 is 2.34 bits per heavy atom. The second-order valence-electron chi connectivity index (χ2n) is 7.44. The fourth-order valence-corrected chi connectivity index (χ4v) is 5.04. The van der Waals surface area contributed by atoms with Gasteiger partial charge in [0.2, 0.25) is 5.91 Å². The van der Waals surface area contributed by atoms with E-state index in [0.717, 1.165) is 34.4 Å². The van der Waals surface area contributed by atoms with Crippen molar-refractivity contribution in [2.24, 2.45) is 5.92 Å². The van der Waals surface area contributed by atoms with Gasteiger partial charge < -0.3 is 0 Å². The Morgan fingerprint density at radius 1 is 0.966 bits per heavy atom. The highest BCUT2D eigenvalue weighted by Crippen LogP contribution is 2.49. The van der Waals surface area contributed by atoms with Crippen LogP contribution < -0.4 is 4.90 Å². The van der Waals surface area contributed by atoms with Gasteiger partial charge in [-0.1, -0.05) is 34.1 Å². The van der Waals surface area contributed by atoms with E-state index < -0.39 is 16.9 Å². The van der Waals surface area contributed by atoms with Crippen LogP contribution in [0.5, 0.6) is 0 Å². The number of amides is 2. The molecule has 2 amide bonds. The number of nitro groups is 1. The molecule has 3 aliphatic heterocycles.